The summed E-state index contributed by atoms with van der Waals surface area (Å²) in [5, 5.41) is 2.64. The minimum Gasteiger partial charge on any atom is -0.462 e. The van der Waals surface area contributed by atoms with Gasteiger partial charge in [0, 0.05) is 17.5 Å². The number of imide groups is 1. The van der Waals surface area contributed by atoms with Gasteiger partial charge in [-0.15, -0.1) is 0 Å². The molecule has 1 aliphatic heterocycles. The third kappa shape index (κ3) is 5.41. The van der Waals surface area contributed by atoms with Crippen molar-refractivity contribution in [1.29, 1.82) is 0 Å². The van der Waals surface area contributed by atoms with E-state index in [9.17, 15) is 24.0 Å². The number of anilines is 1. The lowest BCUT2D eigenvalue weighted by atomic mass is 9.55. The fourth-order valence-electron chi connectivity index (χ4n) is 7.16. The van der Waals surface area contributed by atoms with Crippen LogP contribution in [0.3, 0.4) is 0 Å². The summed E-state index contributed by atoms with van der Waals surface area (Å²) in [5.41, 5.74) is 4.99. The number of amides is 3. The van der Waals surface area contributed by atoms with E-state index in [1.165, 1.54) is 12.1 Å². The smallest absolute Gasteiger partial charge is 0.338 e. The highest BCUT2D eigenvalue weighted by Gasteiger charge is 2.63. The summed E-state index contributed by atoms with van der Waals surface area (Å²) in [6.45, 7) is 3.60. The quantitative estimate of drug-likeness (QED) is 0.235. The number of ether oxygens (including phenoxy) is 2. The average Bonchev–Trinajstić information content (AvgIpc) is 3.32. The van der Waals surface area contributed by atoms with Crippen LogP contribution < -0.4 is 5.32 Å². The number of hydrogen-bond donors (Lipinski definition) is 1. The summed E-state index contributed by atoms with van der Waals surface area (Å²) in [6.07, 6.45) is 2.30. The van der Waals surface area contributed by atoms with Crippen LogP contribution in [0.1, 0.15) is 84.0 Å². The van der Waals surface area contributed by atoms with E-state index in [0.29, 0.717) is 30.7 Å². The van der Waals surface area contributed by atoms with Crippen LogP contribution in [-0.4, -0.2) is 53.8 Å². The number of nitrogens with one attached hydrogen (secondary N) is 1. The standard InChI is InChI=1S/C36H36N2O7/c1-3-5-14-27(36(43)45-20-28(39)37-22-17-15-21(16-18-22)35(42)44-19-4-2)38-33(40)31-29-23-10-6-7-11-24(23)30(32(31)34(38)41)26-13-9-8-12-25(26)29/h6-13,15-18,27,29-32H,3-5,14,19-20H2,1-2H3,(H,37,39)/t27-,29?,30?,31+,32+/m1/s1. The molecular formula is C36H36N2O7. The van der Waals surface area contributed by atoms with E-state index in [1.54, 1.807) is 12.1 Å². The number of unbranched alkanes of at least 4 members (excludes halogenated alkanes) is 1. The van der Waals surface area contributed by atoms with E-state index < -0.39 is 42.3 Å². The topological polar surface area (TPSA) is 119 Å². The third-order valence-corrected chi connectivity index (χ3v) is 9.08. The lowest BCUT2D eigenvalue weighted by Gasteiger charge is -2.45. The van der Waals surface area contributed by atoms with Crippen LogP contribution in [0.15, 0.2) is 72.8 Å². The maximum absolute atomic E-state index is 14.2. The second-order valence-corrected chi connectivity index (χ2v) is 11.8. The van der Waals surface area contributed by atoms with Gasteiger partial charge >= 0.3 is 11.9 Å². The molecule has 1 N–H and O–H groups in total. The molecule has 0 unspecified atom stereocenters. The van der Waals surface area contributed by atoms with Crippen molar-refractivity contribution >= 4 is 35.3 Å². The Kier molecular flexibility index (Phi) is 8.52. The van der Waals surface area contributed by atoms with Gasteiger partial charge in [-0.3, -0.25) is 19.3 Å². The average molecular weight is 609 g/mol. The molecule has 1 heterocycles. The summed E-state index contributed by atoms with van der Waals surface area (Å²) >= 11 is 0. The van der Waals surface area contributed by atoms with E-state index in [-0.39, 0.29) is 30.1 Å². The van der Waals surface area contributed by atoms with Gasteiger partial charge in [-0.05, 0) is 59.4 Å². The van der Waals surface area contributed by atoms with Crippen molar-refractivity contribution in [3.05, 3.63) is 101 Å². The maximum Gasteiger partial charge on any atom is 0.338 e. The fourth-order valence-corrected chi connectivity index (χ4v) is 7.16. The third-order valence-electron chi connectivity index (χ3n) is 9.08. The first-order valence-electron chi connectivity index (χ1n) is 15.6. The Morgan fingerprint density at radius 1 is 0.756 bits per heavy atom. The zero-order valence-electron chi connectivity index (χ0n) is 25.4. The van der Waals surface area contributed by atoms with Crippen LogP contribution in [0.5, 0.6) is 0 Å². The molecule has 3 atom stereocenters. The van der Waals surface area contributed by atoms with Crippen molar-refractivity contribution in [2.75, 3.05) is 18.5 Å². The van der Waals surface area contributed by atoms with Crippen molar-refractivity contribution in [3.63, 3.8) is 0 Å². The van der Waals surface area contributed by atoms with Crippen LogP contribution >= 0.6 is 0 Å². The highest BCUT2D eigenvalue weighted by Crippen LogP contribution is 2.61. The number of nitrogens with zero attached hydrogens (tertiary/aromatic N) is 1. The Hall–Kier alpha value is -4.79. The first-order chi connectivity index (χ1) is 21.8. The number of likely N-dealkylation sites (tertiary alicyclic amines) is 1. The number of hydrogen-bond acceptors (Lipinski definition) is 7. The van der Waals surface area contributed by atoms with Gasteiger partial charge in [0.15, 0.2) is 6.61 Å². The summed E-state index contributed by atoms with van der Waals surface area (Å²) in [6, 6.07) is 21.0. The minimum atomic E-state index is -1.12. The Balaban J connectivity index is 1.17. The molecule has 0 aromatic heterocycles. The number of benzene rings is 3. The molecule has 0 spiro atoms. The number of esters is 2. The molecule has 0 radical (unpaired) electrons. The van der Waals surface area contributed by atoms with Crippen LogP contribution in [-0.2, 0) is 28.7 Å². The van der Waals surface area contributed by atoms with Crippen LogP contribution in [0.25, 0.3) is 0 Å². The van der Waals surface area contributed by atoms with E-state index in [1.807, 2.05) is 62.4 Å². The maximum atomic E-state index is 14.2. The summed E-state index contributed by atoms with van der Waals surface area (Å²) < 4.78 is 10.5. The Labute approximate surface area is 261 Å². The molecule has 3 aliphatic carbocycles. The van der Waals surface area contributed by atoms with Crippen LogP contribution in [0, 0.1) is 11.8 Å². The van der Waals surface area contributed by atoms with E-state index in [4.69, 9.17) is 9.47 Å². The van der Waals surface area contributed by atoms with Gasteiger partial charge < -0.3 is 14.8 Å². The molecule has 3 aromatic rings. The lowest BCUT2D eigenvalue weighted by Crippen LogP contribution is -2.47. The van der Waals surface area contributed by atoms with Crippen molar-refractivity contribution in [3.8, 4) is 0 Å². The minimum absolute atomic E-state index is 0.249. The van der Waals surface area contributed by atoms with Crippen molar-refractivity contribution in [1.82, 2.24) is 4.90 Å². The largest absolute Gasteiger partial charge is 0.462 e. The molecule has 3 amide bonds. The molecule has 1 fully saturated rings. The van der Waals surface area contributed by atoms with Gasteiger partial charge in [0.2, 0.25) is 11.8 Å². The van der Waals surface area contributed by atoms with Gasteiger partial charge in [-0.25, -0.2) is 9.59 Å². The number of carbonyl (C=O) groups is 5. The normalized spacial score (nSPS) is 21.4. The molecule has 9 nitrogen and oxygen atoms in total. The highest BCUT2D eigenvalue weighted by molar-refractivity contribution is 6.10. The van der Waals surface area contributed by atoms with Crippen molar-refractivity contribution in [2.24, 2.45) is 11.8 Å². The monoisotopic (exact) mass is 608 g/mol. The van der Waals surface area contributed by atoms with E-state index in [0.717, 1.165) is 33.6 Å². The predicted molar refractivity (Wildman–Crippen MR) is 165 cm³/mol. The van der Waals surface area contributed by atoms with Crippen LogP contribution in [0.2, 0.25) is 0 Å². The second kappa shape index (κ2) is 12.7. The number of carbonyl (C=O) groups excluding carboxylic acids is 5. The Morgan fingerprint density at radius 3 is 1.78 bits per heavy atom. The predicted octanol–water partition coefficient (Wildman–Crippen LogP) is 5.19. The summed E-state index contributed by atoms with van der Waals surface area (Å²) in [7, 11) is 0. The van der Waals surface area contributed by atoms with Crippen molar-refractivity contribution < 1.29 is 33.4 Å². The zero-order chi connectivity index (χ0) is 31.7. The molecule has 0 saturated carbocycles. The van der Waals surface area contributed by atoms with Crippen molar-refractivity contribution in [2.45, 2.75) is 57.4 Å². The Bertz CT molecular complexity index is 1530. The zero-order valence-corrected chi connectivity index (χ0v) is 25.4. The molecule has 232 valence electrons. The van der Waals surface area contributed by atoms with E-state index >= 15 is 0 Å². The molecule has 3 aromatic carbocycles. The summed E-state index contributed by atoms with van der Waals surface area (Å²) in [5.74, 6) is -4.29. The molecule has 4 aliphatic rings. The second-order valence-electron chi connectivity index (χ2n) is 11.8. The molecule has 9 heteroatoms. The SMILES string of the molecule is CCCC[C@H](C(=O)OCC(=O)Nc1ccc(C(=O)OCCC)cc1)N1C(=O)[C@H]2C3c4ccccc4C(c4ccccc43)[C@@H]2C1=O. The first kappa shape index (κ1) is 30.2. The first-order valence-corrected chi connectivity index (χ1v) is 15.6. The van der Waals surface area contributed by atoms with Gasteiger partial charge in [0.25, 0.3) is 5.91 Å². The van der Waals surface area contributed by atoms with Gasteiger partial charge in [-0.2, -0.15) is 0 Å². The fraction of sp³-hybridized carbons (Fsp3) is 0.361. The Morgan fingerprint density at radius 2 is 1.29 bits per heavy atom. The van der Waals surface area contributed by atoms with Crippen LogP contribution in [0.4, 0.5) is 5.69 Å². The molecule has 2 bridgehead atoms. The van der Waals surface area contributed by atoms with Gasteiger partial charge in [0.05, 0.1) is 24.0 Å². The molecule has 7 rings (SSSR count). The highest BCUT2D eigenvalue weighted by atomic mass is 16.5. The summed E-state index contributed by atoms with van der Waals surface area (Å²) in [4.78, 5) is 67.7. The molecule has 45 heavy (non-hydrogen) atoms. The number of rotatable bonds is 11. The molecular weight excluding hydrogens is 572 g/mol. The van der Waals surface area contributed by atoms with Gasteiger partial charge in [0.1, 0.15) is 6.04 Å². The lowest BCUT2D eigenvalue weighted by molar-refractivity contribution is -0.160. The van der Waals surface area contributed by atoms with Gasteiger partial charge in [-0.1, -0.05) is 75.2 Å². The van der Waals surface area contributed by atoms with E-state index in [2.05, 4.69) is 5.32 Å². The molecule has 1 saturated heterocycles.